The summed E-state index contributed by atoms with van der Waals surface area (Å²) in [4.78, 5) is 14.8. The normalized spacial score (nSPS) is 16.7. The third kappa shape index (κ3) is 3.95. The van der Waals surface area contributed by atoms with Gasteiger partial charge in [-0.15, -0.1) is 0 Å². The molecule has 0 spiro atoms. The van der Waals surface area contributed by atoms with Crippen LogP contribution in [0.4, 0.5) is 0 Å². The van der Waals surface area contributed by atoms with Crippen molar-refractivity contribution in [2.45, 2.75) is 31.7 Å². The molecule has 0 aliphatic carbocycles. The van der Waals surface area contributed by atoms with Crippen LogP contribution < -0.4 is 9.47 Å². The van der Waals surface area contributed by atoms with Crippen LogP contribution in [0.3, 0.4) is 0 Å². The van der Waals surface area contributed by atoms with Gasteiger partial charge in [0.1, 0.15) is 11.5 Å². The lowest BCUT2D eigenvalue weighted by Crippen LogP contribution is -2.30. The highest BCUT2D eigenvalue weighted by atomic mass is 16.5. The number of carbonyl (C=O) groups is 1. The van der Waals surface area contributed by atoms with E-state index in [2.05, 4.69) is 12.1 Å². The van der Waals surface area contributed by atoms with Gasteiger partial charge in [-0.2, -0.15) is 0 Å². The second-order valence-electron chi connectivity index (χ2n) is 6.34. The standard InChI is InChI=1S/C21H25NO3/c1-24-17-11-12-18(20(15-17)25-2)19-9-6-14-22(19)21(23)13-10-16-7-4-3-5-8-16/h3-5,7-8,11-12,15,19H,6,9-10,13-14H2,1-2H3. The van der Waals surface area contributed by atoms with Crippen molar-refractivity contribution in [1.29, 1.82) is 0 Å². The highest BCUT2D eigenvalue weighted by Crippen LogP contribution is 2.39. The van der Waals surface area contributed by atoms with Gasteiger partial charge in [-0.25, -0.2) is 0 Å². The third-order valence-electron chi connectivity index (χ3n) is 4.84. The van der Waals surface area contributed by atoms with E-state index in [1.807, 2.05) is 41.3 Å². The molecule has 4 heteroatoms. The minimum atomic E-state index is 0.0872. The lowest BCUT2D eigenvalue weighted by atomic mass is 10.0. The lowest BCUT2D eigenvalue weighted by Gasteiger charge is -2.26. The minimum absolute atomic E-state index is 0.0872. The average Bonchev–Trinajstić information content (AvgIpc) is 3.16. The molecule has 2 aromatic rings. The molecule has 1 saturated heterocycles. The van der Waals surface area contributed by atoms with Crippen LogP contribution in [0, 0.1) is 0 Å². The van der Waals surface area contributed by atoms with Crippen LogP contribution in [0.1, 0.15) is 36.4 Å². The van der Waals surface area contributed by atoms with Gasteiger partial charge in [-0.1, -0.05) is 30.3 Å². The summed E-state index contributed by atoms with van der Waals surface area (Å²) in [6, 6.07) is 16.1. The van der Waals surface area contributed by atoms with E-state index >= 15 is 0 Å². The number of hydrogen-bond donors (Lipinski definition) is 0. The fourth-order valence-corrected chi connectivity index (χ4v) is 3.52. The molecule has 2 aromatic carbocycles. The van der Waals surface area contributed by atoms with E-state index < -0.39 is 0 Å². The van der Waals surface area contributed by atoms with Gasteiger partial charge in [-0.3, -0.25) is 4.79 Å². The van der Waals surface area contributed by atoms with E-state index in [9.17, 15) is 4.79 Å². The van der Waals surface area contributed by atoms with Crippen molar-refractivity contribution in [2.24, 2.45) is 0 Å². The Morgan fingerprint density at radius 3 is 2.64 bits per heavy atom. The van der Waals surface area contributed by atoms with Crippen LogP contribution in [0.25, 0.3) is 0 Å². The zero-order valence-corrected chi connectivity index (χ0v) is 14.9. The zero-order chi connectivity index (χ0) is 17.6. The number of nitrogens with zero attached hydrogens (tertiary/aromatic N) is 1. The molecule has 0 radical (unpaired) electrons. The molecule has 1 fully saturated rings. The molecule has 0 aromatic heterocycles. The zero-order valence-electron chi connectivity index (χ0n) is 14.9. The van der Waals surface area contributed by atoms with Crippen LogP contribution in [-0.2, 0) is 11.2 Å². The van der Waals surface area contributed by atoms with Crippen LogP contribution in [0.15, 0.2) is 48.5 Å². The van der Waals surface area contributed by atoms with Crippen molar-refractivity contribution >= 4 is 5.91 Å². The van der Waals surface area contributed by atoms with Gasteiger partial charge in [-0.05, 0) is 37.0 Å². The molecule has 1 aliphatic rings. The van der Waals surface area contributed by atoms with Crippen molar-refractivity contribution in [3.63, 3.8) is 0 Å². The number of ether oxygens (including phenoxy) is 2. The molecule has 1 amide bonds. The van der Waals surface area contributed by atoms with Gasteiger partial charge in [0.2, 0.25) is 5.91 Å². The molecule has 0 saturated carbocycles. The van der Waals surface area contributed by atoms with E-state index in [1.54, 1.807) is 14.2 Å². The Hall–Kier alpha value is -2.49. The number of methoxy groups -OCH3 is 2. The van der Waals surface area contributed by atoms with E-state index in [0.29, 0.717) is 6.42 Å². The van der Waals surface area contributed by atoms with Gasteiger partial charge < -0.3 is 14.4 Å². The highest BCUT2D eigenvalue weighted by molar-refractivity contribution is 5.77. The fraction of sp³-hybridized carbons (Fsp3) is 0.381. The molecule has 4 nitrogen and oxygen atoms in total. The first-order valence-corrected chi connectivity index (χ1v) is 8.78. The molecule has 25 heavy (non-hydrogen) atoms. The fourth-order valence-electron chi connectivity index (χ4n) is 3.52. The average molecular weight is 339 g/mol. The number of hydrogen-bond acceptors (Lipinski definition) is 3. The molecule has 0 N–H and O–H groups in total. The summed E-state index contributed by atoms with van der Waals surface area (Å²) < 4.78 is 10.8. The molecule has 1 atom stereocenters. The predicted octanol–water partition coefficient (Wildman–Crippen LogP) is 4.00. The SMILES string of the molecule is COc1ccc(C2CCCN2C(=O)CCc2ccccc2)c(OC)c1. The van der Waals surface area contributed by atoms with E-state index in [1.165, 1.54) is 5.56 Å². The number of aryl methyl sites for hydroxylation is 1. The molecule has 0 bridgehead atoms. The van der Waals surface area contributed by atoms with Crippen LogP contribution >= 0.6 is 0 Å². The Labute approximate surface area is 149 Å². The summed E-state index contributed by atoms with van der Waals surface area (Å²) in [5, 5.41) is 0. The van der Waals surface area contributed by atoms with Crippen molar-refractivity contribution in [3.05, 3.63) is 59.7 Å². The van der Waals surface area contributed by atoms with Crippen LogP contribution in [0.2, 0.25) is 0 Å². The smallest absolute Gasteiger partial charge is 0.223 e. The number of amides is 1. The number of likely N-dealkylation sites (tertiary alicyclic amines) is 1. The Morgan fingerprint density at radius 1 is 1.12 bits per heavy atom. The third-order valence-corrected chi connectivity index (χ3v) is 4.84. The van der Waals surface area contributed by atoms with Gasteiger partial charge in [0, 0.05) is 24.6 Å². The first-order chi connectivity index (χ1) is 12.2. The predicted molar refractivity (Wildman–Crippen MR) is 98.0 cm³/mol. The summed E-state index contributed by atoms with van der Waals surface area (Å²) in [6.07, 6.45) is 3.32. The number of rotatable bonds is 6. The van der Waals surface area contributed by atoms with Crippen LogP contribution in [-0.4, -0.2) is 31.6 Å². The van der Waals surface area contributed by atoms with Crippen LogP contribution in [0.5, 0.6) is 11.5 Å². The summed E-state index contributed by atoms with van der Waals surface area (Å²) in [7, 11) is 3.30. The molecular formula is C21H25NO3. The maximum atomic E-state index is 12.8. The monoisotopic (exact) mass is 339 g/mol. The summed E-state index contributed by atoms with van der Waals surface area (Å²) in [5.41, 5.74) is 2.27. The van der Waals surface area contributed by atoms with E-state index in [0.717, 1.165) is 42.9 Å². The number of carbonyl (C=O) groups excluding carboxylic acids is 1. The Morgan fingerprint density at radius 2 is 1.92 bits per heavy atom. The first-order valence-electron chi connectivity index (χ1n) is 8.78. The van der Waals surface area contributed by atoms with Crippen molar-refractivity contribution in [2.75, 3.05) is 20.8 Å². The first kappa shape index (κ1) is 17.3. The van der Waals surface area contributed by atoms with E-state index in [4.69, 9.17) is 9.47 Å². The lowest BCUT2D eigenvalue weighted by molar-refractivity contribution is -0.132. The molecule has 1 heterocycles. The van der Waals surface area contributed by atoms with Crippen molar-refractivity contribution in [1.82, 2.24) is 4.90 Å². The molecule has 3 rings (SSSR count). The summed E-state index contributed by atoms with van der Waals surface area (Å²) in [6.45, 7) is 0.813. The molecule has 132 valence electrons. The topological polar surface area (TPSA) is 38.8 Å². The largest absolute Gasteiger partial charge is 0.497 e. The van der Waals surface area contributed by atoms with Gasteiger partial charge in [0.05, 0.1) is 20.3 Å². The Balaban J connectivity index is 1.73. The van der Waals surface area contributed by atoms with E-state index in [-0.39, 0.29) is 11.9 Å². The van der Waals surface area contributed by atoms with Gasteiger partial charge >= 0.3 is 0 Å². The summed E-state index contributed by atoms with van der Waals surface area (Å²) in [5.74, 6) is 1.76. The highest BCUT2D eigenvalue weighted by Gasteiger charge is 2.31. The second kappa shape index (κ2) is 8.06. The second-order valence-corrected chi connectivity index (χ2v) is 6.34. The van der Waals surface area contributed by atoms with Crippen molar-refractivity contribution in [3.8, 4) is 11.5 Å². The molecule has 1 unspecified atom stereocenters. The molecule has 1 aliphatic heterocycles. The van der Waals surface area contributed by atoms with Gasteiger partial charge in [0.15, 0.2) is 0 Å². The summed E-state index contributed by atoms with van der Waals surface area (Å²) >= 11 is 0. The van der Waals surface area contributed by atoms with Gasteiger partial charge in [0.25, 0.3) is 0 Å². The quantitative estimate of drug-likeness (QED) is 0.798. The van der Waals surface area contributed by atoms with Crippen molar-refractivity contribution < 1.29 is 14.3 Å². The number of benzene rings is 2. The Kier molecular flexibility index (Phi) is 5.59. The molecular weight excluding hydrogens is 314 g/mol. The minimum Gasteiger partial charge on any atom is -0.497 e. The maximum Gasteiger partial charge on any atom is 0.223 e. The Bertz CT molecular complexity index is 714. The maximum absolute atomic E-state index is 12.8.